The third-order valence-corrected chi connectivity index (χ3v) is 5.42. The maximum atomic E-state index is 8.30. The molecule has 0 N–H and O–H groups in total. The Kier molecular flexibility index (Phi) is 4.32. The van der Waals surface area contributed by atoms with Crippen molar-refractivity contribution in [2.45, 2.75) is 12.2 Å². The van der Waals surface area contributed by atoms with E-state index < -0.39 is 10.5 Å². The molecule has 0 bridgehead atoms. The van der Waals surface area contributed by atoms with Gasteiger partial charge in [-0.25, -0.2) is 0 Å². The van der Waals surface area contributed by atoms with Crippen molar-refractivity contribution in [2.75, 3.05) is 0 Å². The molecular weight excluding hydrogens is 241 g/mol. The number of rotatable bonds is 2. The predicted octanol–water partition coefficient (Wildman–Crippen LogP) is 2.80. The molecule has 0 aliphatic rings. The minimum atomic E-state index is -2.99. The molecule has 1 nitrogen and oxygen atoms in total. The fraction of sp³-hybridized carbons (Fsp3) is 0.750. The van der Waals surface area contributed by atoms with Crippen LogP contribution in [-0.2, 0) is 0 Å². The summed E-state index contributed by atoms with van der Waals surface area (Å²) in [6, 6.07) is 2.02. The van der Waals surface area contributed by atoms with Crippen LogP contribution in [0.5, 0.6) is 0 Å². The van der Waals surface area contributed by atoms with Gasteiger partial charge in [0.05, 0.1) is 0 Å². The second kappa shape index (κ2) is 3.92. The number of nitriles is 1. The molecule has 0 aromatic carbocycles. The van der Waals surface area contributed by atoms with Crippen molar-refractivity contribution in [1.82, 2.24) is 0 Å². The topological polar surface area (TPSA) is 23.8 Å². The zero-order chi connectivity index (χ0) is 7.49. The van der Waals surface area contributed by atoms with E-state index in [-0.39, 0.29) is 5.92 Å². The van der Waals surface area contributed by atoms with E-state index >= 15 is 0 Å². The van der Waals surface area contributed by atoms with E-state index in [2.05, 4.69) is 0 Å². The fourth-order valence-electron chi connectivity index (χ4n) is 0.393. The van der Waals surface area contributed by atoms with Crippen molar-refractivity contribution in [3.63, 3.8) is 0 Å². The van der Waals surface area contributed by atoms with Crippen LogP contribution in [0.25, 0.3) is 0 Å². The molecule has 1 unspecified atom stereocenters. The zero-order valence-corrected chi connectivity index (χ0v) is 9.23. The first-order valence-electron chi connectivity index (χ1n) is 2.42. The van der Waals surface area contributed by atoms with Gasteiger partial charge < -0.3 is 0 Å². The van der Waals surface area contributed by atoms with Gasteiger partial charge in [-0.05, 0) is 0 Å². The number of hydrogen-bond acceptors (Lipinski definition) is 1. The second-order valence-electron chi connectivity index (χ2n) is 1.85. The number of halogens is 3. The molecule has 0 aromatic heterocycles. The average molecular weight is 247 g/mol. The molecule has 0 rings (SSSR count). The van der Waals surface area contributed by atoms with Gasteiger partial charge in [-0.3, -0.25) is 0 Å². The summed E-state index contributed by atoms with van der Waals surface area (Å²) in [6.45, 7) is 1.76. The van der Waals surface area contributed by atoms with Crippen molar-refractivity contribution in [3.05, 3.63) is 0 Å². The van der Waals surface area contributed by atoms with Crippen molar-refractivity contribution in [2.24, 2.45) is 5.92 Å². The van der Waals surface area contributed by atoms with Crippen molar-refractivity contribution < 1.29 is 0 Å². The third kappa shape index (κ3) is 6.79. The van der Waals surface area contributed by atoms with Gasteiger partial charge in [-0.2, -0.15) is 0 Å². The molecule has 52 valence electrons. The molecular formula is C4H6Cl3GeN. The summed E-state index contributed by atoms with van der Waals surface area (Å²) >= 11 is 0. The quantitative estimate of drug-likeness (QED) is 0.688. The van der Waals surface area contributed by atoms with Crippen LogP contribution < -0.4 is 0 Å². The molecule has 5 heteroatoms. The fourth-order valence-corrected chi connectivity index (χ4v) is 5.65. The summed E-state index contributed by atoms with van der Waals surface area (Å²) in [4.78, 5) is 0. The average Bonchev–Trinajstić information content (AvgIpc) is 1.62. The molecule has 0 aliphatic carbocycles. The molecule has 0 heterocycles. The van der Waals surface area contributed by atoms with E-state index in [1.807, 2.05) is 6.07 Å². The summed E-state index contributed by atoms with van der Waals surface area (Å²) in [6.07, 6.45) is 0. The Morgan fingerprint density at radius 3 is 2.11 bits per heavy atom. The van der Waals surface area contributed by atoms with E-state index in [1.165, 1.54) is 0 Å². The van der Waals surface area contributed by atoms with Crippen LogP contribution in [0.3, 0.4) is 0 Å². The van der Waals surface area contributed by atoms with Crippen LogP contribution in [0.1, 0.15) is 6.92 Å². The molecule has 0 saturated carbocycles. The van der Waals surface area contributed by atoms with Crippen LogP contribution in [0.4, 0.5) is 0 Å². The van der Waals surface area contributed by atoms with Crippen molar-refractivity contribution >= 4 is 40.5 Å². The summed E-state index contributed by atoms with van der Waals surface area (Å²) in [5, 5.41) is 8.78. The van der Waals surface area contributed by atoms with Crippen LogP contribution in [0, 0.1) is 17.2 Å². The standard InChI is InChI=1S/C4H6Cl3GeN/c1-4(3-9)2-8(5,6)7/h4H,2H2,1H3. The van der Waals surface area contributed by atoms with E-state index in [0.717, 1.165) is 0 Å². The molecule has 0 radical (unpaired) electrons. The van der Waals surface area contributed by atoms with Gasteiger partial charge >= 0.3 is 69.9 Å². The van der Waals surface area contributed by atoms with Gasteiger partial charge in [0.1, 0.15) is 0 Å². The number of hydrogen-bond donors (Lipinski definition) is 0. The molecule has 1 atom stereocenters. The van der Waals surface area contributed by atoms with Crippen LogP contribution in [0.2, 0.25) is 5.25 Å². The van der Waals surface area contributed by atoms with Crippen molar-refractivity contribution in [1.29, 1.82) is 5.26 Å². The monoisotopic (exact) mass is 247 g/mol. The van der Waals surface area contributed by atoms with Gasteiger partial charge in [-0.1, -0.05) is 0 Å². The van der Waals surface area contributed by atoms with Gasteiger partial charge in [0.25, 0.3) is 0 Å². The van der Waals surface area contributed by atoms with E-state index in [4.69, 9.17) is 35.3 Å². The number of nitrogens with zero attached hydrogens (tertiary/aromatic N) is 1. The molecule has 0 fully saturated rings. The normalized spacial score (nSPS) is 14.6. The summed E-state index contributed by atoms with van der Waals surface area (Å²) < 4.78 is 0. The Labute approximate surface area is 69.8 Å². The van der Waals surface area contributed by atoms with E-state index in [9.17, 15) is 0 Å². The Morgan fingerprint density at radius 1 is 1.56 bits per heavy atom. The van der Waals surface area contributed by atoms with Gasteiger partial charge in [0.2, 0.25) is 0 Å². The molecule has 0 amide bonds. The molecule has 0 aromatic rings. The van der Waals surface area contributed by atoms with Crippen LogP contribution in [-0.4, -0.2) is 10.5 Å². The van der Waals surface area contributed by atoms with Crippen molar-refractivity contribution in [3.8, 4) is 6.07 Å². The first-order chi connectivity index (χ1) is 3.95. The predicted molar refractivity (Wildman–Crippen MR) is 42.9 cm³/mol. The van der Waals surface area contributed by atoms with Gasteiger partial charge in [-0.15, -0.1) is 0 Å². The molecule has 9 heavy (non-hydrogen) atoms. The molecule has 0 saturated heterocycles. The first-order valence-corrected chi connectivity index (χ1v) is 12.2. The first kappa shape index (κ1) is 9.90. The SMILES string of the molecule is CC(C#N)[CH2][Ge]([Cl])([Cl])[Cl]. The second-order valence-corrected chi connectivity index (χ2v) is 18.4. The van der Waals surface area contributed by atoms with E-state index in [1.54, 1.807) is 6.92 Å². The summed E-state index contributed by atoms with van der Waals surface area (Å²) in [5.41, 5.74) is 0. The zero-order valence-electron chi connectivity index (χ0n) is 4.87. The Balaban J connectivity index is 3.63. The Bertz CT molecular complexity index is 125. The van der Waals surface area contributed by atoms with Gasteiger partial charge in [0.15, 0.2) is 0 Å². The summed E-state index contributed by atoms with van der Waals surface area (Å²) in [7, 11) is 13.7. The molecule has 0 aliphatic heterocycles. The molecule has 0 spiro atoms. The minimum absolute atomic E-state index is 0.113. The maximum absolute atomic E-state index is 8.30. The third-order valence-electron chi connectivity index (χ3n) is 0.758. The summed E-state index contributed by atoms with van der Waals surface area (Å²) in [5.74, 6) is -0.113. The Hall–Kier alpha value is 0.903. The van der Waals surface area contributed by atoms with Gasteiger partial charge in [0, 0.05) is 0 Å². The van der Waals surface area contributed by atoms with Crippen LogP contribution in [0.15, 0.2) is 0 Å². The van der Waals surface area contributed by atoms with E-state index in [0.29, 0.717) is 5.25 Å². The Morgan fingerprint density at radius 2 is 2.00 bits per heavy atom. The van der Waals surface area contributed by atoms with Crippen LogP contribution >= 0.6 is 30.0 Å².